The fourth-order valence-corrected chi connectivity index (χ4v) is 3.89. The molecule has 4 rings (SSSR count). The molecule has 0 bridgehead atoms. The number of ether oxygens (including phenoxy) is 1. The number of nitroso groups, excluding NO2 is 1. The highest BCUT2D eigenvalue weighted by atomic mass is 19.1. The Morgan fingerprint density at radius 3 is 2.19 bits per heavy atom. The zero-order chi connectivity index (χ0) is 18.8. The molecule has 27 heavy (non-hydrogen) atoms. The maximum atomic E-state index is 13.9. The van der Waals surface area contributed by atoms with Crippen molar-refractivity contribution in [3.63, 3.8) is 0 Å². The van der Waals surface area contributed by atoms with Gasteiger partial charge in [0, 0.05) is 0 Å². The van der Waals surface area contributed by atoms with Crippen molar-refractivity contribution in [3.05, 3.63) is 75.7 Å². The van der Waals surface area contributed by atoms with Crippen LogP contribution in [0.25, 0.3) is 0 Å². The molecule has 1 unspecified atom stereocenters. The summed E-state index contributed by atoms with van der Waals surface area (Å²) in [4.78, 5) is 15.0. The highest BCUT2D eigenvalue weighted by Gasteiger charge is 2.27. The average molecular weight is 370 g/mol. The molecule has 0 saturated heterocycles. The first-order valence-corrected chi connectivity index (χ1v) is 9.23. The van der Waals surface area contributed by atoms with Crippen molar-refractivity contribution < 1.29 is 13.5 Å². The highest BCUT2D eigenvalue weighted by molar-refractivity contribution is 5.95. The van der Waals surface area contributed by atoms with E-state index in [1.54, 1.807) is 0 Å². The molecule has 2 aromatic rings. The fourth-order valence-electron chi connectivity index (χ4n) is 3.89. The summed E-state index contributed by atoms with van der Waals surface area (Å²) in [6, 6.07) is 11.5. The van der Waals surface area contributed by atoms with Crippen molar-refractivity contribution in [2.75, 3.05) is 6.61 Å². The standard InChI is InChI=1S/C21H20F2N2O2/c22-17-2-1-3-18(23)20(17)21-24-19(12-27-21)15-6-4-13(5-7-15)14-8-10-16(25-26)11-9-14/h1-7,14,16,19H,8-12H2. The minimum atomic E-state index is -0.676. The van der Waals surface area contributed by atoms with Crippen LogP contribution < -0.4 is 0 Å². The number of rotatable bonds is 4. The summed E-state index contributed by atoms with van der Waals surface area (Å²) in [5, 5.41) is 3.15. The maximum Gasteiger partial charge on any atom is 0.222 e. The Kier molecular flexibility index (Phi) is 4.97. The second-order valence-electron chi connectivity index (χ2n) is 7.14. The van der Waals surface area contributed by atoms with E-state index in [2.05, 4.69) is 22.3 Å². The first kappa shape index (κ1) is 17.8. The third kappa shape index (κ3) is 3.61. The molecule has 0 spiro atoms. The Balaban J connectivity index is 1.48. The monoisotopic (exact) mass is 370 g/mol. The lowest BCUT2D eigenvalue weighted by atomic mass is 9.82. The van der Waals surface area contributed by atoms with Crippen molar-refractivity contribution in [3.8, 4) is 0 Å². The molecule has 1 aliphatic heterocycles. The quantitative estimate of drug-likeness (QED) is 0.688. The van der Waals surface area contributed by atoms with Gasteiger partial charge in [0.15, 0.2) is 0 Å². The zero-order valence-electron chi connectivity index (χ0n) is 14.8. The van der Waals surface area contributed by atoms with Gasteiger partial charge in [-0.15, -0.1) is 0 Å². The lowest BCUT2D eigenvalue weighted by molar-refractivity contribution is 0.317. The van der Waals surface area contributed by atoms with Gasteiger partial charge in [-0.2, -0.15) is 4.91 Å². The summed E-state index contributed by atoms with van der Waals surface area (Å²) in [7, 11) is 0. The lowest BCUT2D eigenvalue weighted by Gasteiger charge is -2.25. The maximum absolute atomic E-state index is 13.9. The van der Waals surface area contributed by atoms with E-state index in [0.717, 1.165) is 31.2 Å². The van der Waals surface area contributed by atoms with Crippen LogP contribution in [0, 0.1) is 16.5 Å². The molecule has 140 valence electrons. The molecule has 4 nitrogen and oxygen atoms in total. The largest absolute Gasteiger partial charge is 0.475 e. The fraction of sp³-hybridized carbons (Fsp3) is 0.381. The Hall–Kier alpha value is -2.63. The summed E-state index contributed by atoms with van der Waals surface area (Å²) >= 11 is 0. The molecule has 0 N–H and O–H groups in total. The minimum Gasteiger partial charge on any atom is -0.475 e. The van der Waals surface area contributed by atoms with Gasteiger partial charge in [0.2, 0.25) is 5.90 Å². The van der Waals surface area contributed by atoms with Crippen molar-refractivity contribution in [1.29, 1.82) is 0 Å². The predicted octanol–water partition coefficient (Wildman–Crippen LogP) is 5.28. The summed E-state index contributed by atoms with van der Waals surface area (Å²) in [6.45, 7) is 0.262. The Morgan fingerprint density at radius 1 is 0.926 bits per heavy atom. The molecule has 1 fully saturated rings. The van der Waals surface area contributed by atoms with Crippen LogP contribution in [-0.2, 0) is 4.74 Å². The summed E-state index contributed by atoms with van der Waals surface area (Å²) in [6.07, 6.45) is 3.62. The van der Waals surface area contributed by atoms with E-state index in [1.807, 2.05) is 12.1 Å². The molecular weight excluding hydrogens is 350 g/mol. The van der Waals surface area contributed by atoms with E-state index < -0.39 is 11.6 Å². The van der Waals surface area contributed by atoms with Gasteiger partial charge in [0.1, 0.15) is 29.8 Å². The number of hydrogen-bond donors (Lipinski definition) is 0. The topological polar surface area (TPSA) is 51.0 Å². The molecule has 2 aromatic carbocycles. The number of halogens is 2. The van der Waals surface area contributed by atoms with Crippen LogP contribution in [0.1, 0.15) is 54.3 Å². The number of hydrogen-bond acceptors (Lipinski definition) is 4. The Morgan fingerprint density at radius 2 is 1.56 bits per heavy atom. The molecule has 1 aliphatic carbocycles. The molecule has 0 amide bonds. The van der Waals surface area contributed by atoms with E-state index in [0.29, 0.717) is 5.92 Å². The van der Waals surface area contributed by atoms with Gasteiger partial charge in [-0.05, 0) is 54.9 Å². The van der Waals surface area contributed by atoms with Crippen LogP contribution >= 0.6 is 0 Å². The average Bonchev–Trinajstić information content (AvgIpc) is 3.18. The van der Waals surface area contributed by atoms with Crippen LogP contribution in [0.5, 0.6) is 0 Å². The van der Waals surface area contributed by atoms with Crippen molar-refractivity contribution in [2.24, 2.45) is 10.2 Å². The van der Waals surface area contributed by atoms with Crippen LogP contribution in [0.4, 0.5) is 8.78 Å². The van der Waals surface area contributed by atoms with Gasteiger partial charge in [0.05, 0.1) is 6.04 Å². The third-order valence-corrected chi connectivity index (χ3v) is 5.47. The van der Waals surface area contributed by atoms with E-state index in [1.165, 1.54) is 23.8 Å². The lowest BCUT2D eigenvalue weighted by Crippen LogP contribution is -2.15. The molecule has 6 heteroatoms. The summed E-state index contributed by atoms with van der Waals surface area (Å²) in [5.41, 5.74) is 1.98. The van der Waals surface area contributed by atoms with Gasteiger partial charge >= 0.3 is 0 Å². The van der Waals surface area contributed by atoms with E-state index in [9.17, 15) is 13.7 Å². The predicted molar refractivity (Wildman–Crippen MR) is 98.8 cm³/mol. The molecule has 1 atom stereocenters. The molecule has 1 heterocycles. The highest BCUT2D eigenvalue weighted by Crippen LogP contribution is 2.35. The van der Waals surface area contributed by atoms with E-state index in [4.69, 9.17) is 4.74 Å². The van der Waals surface area contributed by atoms with Gasteiger partial charge < -0.3 is 4.74 Å². The van der Waals surface area contributed by atoms with E-state index in [-0.39, 0.29) is 30.2 Å². The third-order valence-electron chi connectivity index (χ3n) is 5.47. The zero-order valence-corrected chi connectivity index (χ0v) is 14.8. The van der Waals surface area contributed by atoms with Crippen LogP contribution in [0.15, 0.2) is 52.6 Å². The van der Waals surface area contributed by atoms with Crippen LogP contribution in [0.2, 0.25) is 0 Å². The minimum absolute atomic E-state index is 0.0133. The van der Waals surface area contributed by atoms with Gasteiger partial charge in [0.25, 0.3) is 0 Å². The number of benzene rings is 2. The normalized spacial score (nSPS) is 25.0. The van der Waals surface area contributed by atoms with Gasteiger partial charge in [-0.3, -0.25) is 0 Å². The summed E-state index contributed by atoms with van der Waals surface area (Å²) < 4.78 is 33.3. The molecule has 1 saturated carbocycles. The molecular formula is C21H20F2N2O2. The number of nitrogens with zero attached hydrogens (tertiary/aromatic N) is 2. The van der Waals surface area contributed by atoms with Gasteiger partial charge in [-0.25, -0.2) is 13.8 Å². The number of aliphatic imine (C=N–C) groups is 1. The second kappa shape index (κ2) is 7.55. The smallest absolute Gasteiger partial charge is 0.222 e. The van der Waals surface area contributed by atoms with Crippen LogP contribution in [-0.4, -0.2) is 18.5 Å². The first-order valence-electron chi connectivity index (χ1n) is 9.23. The van der Waals surface area contributed by atoms with Crippen molar-refractivity contribution in [2.45, 2.75) is 43.7 Å². The van der Waals surface area contributed by atoms with Crippen molar-refractivity contribution >= 4 is 5.90 Å². The van der Waals surface area contributed by atoms with Crippen molar-refractivity contribution in [1.82, 2.24) is 0 Å². The molecule has 0 aromatic heterocycles. The Bertz CT molecular complexity index is 839. The second-order valence-corrected chi connectivity index (χ2v) is 7.14. The van der Waals surface area contributed by atoms with Crippen LogP contribution in [0.3, 0.4) is 0 Å². The molecule has 0 radical (unpaired) electrons. The summed E-state index contributed by atoms with van der Waals surface area (Å²) in [5.74, 6) is -0.891. The van der Waals surface area contributed by atoms with Gasteiger partial charge in [-0.1, -0.05) is 35.5 Å². The Labute approximate surface area is 156 Å². The van der Waals surface area contributed by atoms with E-state index >= 15 is 0 Å². The first-order chi connectivity index (χ1) is 13.2. The molecule has 2 aliphatic rings. The SMILES string of the molecule is O=NC1CCC(c2ccc(C3COC(c4c(F)cccc4F)=N3)cc2)CC1.